The molecule has 12 heavy (non-hydrogen) atoms. The van der Waals surface area contributed by atoms with Crippen LogP contribution in [0.15, 0.2) is 0 Å². The van der Waals surface area contributed by atoms with Gasteiger partial charge in [-0.25, -0.2) is 0 Å². The predicted molar refractivity (Wildman–Crippen MR) is 49.0 cm³/mol. The molecule has 1 heterocycles. The second kappa shape index (κ2) is 3.00. The monoisotopic (exact) mass is 169 g/mol. The lowest BCUT2D eigenvalue weighted by atomic mass is 9.70. The van der Waals surface area contributed by atoms with Crippen LogP contribution < -0.4 is 5.32 Å². The maximum Gasteiger partial charge on any atom is 0.0662 e. The number of aliphatic hydroxyl groups is 1. The number of piperidine rings is 1. The van der Waals surface area contributed by atoms with Gasteiger partial charge in [-0.1, -0.05) is 0 Å². The summed E-state index contributed by atoms with van der Waals surface area (Å²) in [6.07, 6.45) is 5.89. The van der Waals surface area contributed by atoms with E-state index in [1.807, 2.05) is 6.92 Å². The molecule has 3 atom stereocenters. The molecule has 70 valence electrons. The molecule has 3 unspecified atom stereocenters. The van der Waals surface area contributed by atoms with Crippen molar-refractivity contribution in [1.29, 1.82) is 0 Å². The van der Waals surface area contributed by atoms with E-state index < -0.39 is 5.60 Å². The van der Waals surface area contributed by atoms with Crippen LogP contribution in [0.1, 0.15) is 39.0 Å². The first-order valence-electron chi connectivity index (χ1n) is 5.16. The molecule has 1 saturated heterocycles. The highest BCUT2D eigenvalue weighted by atomic mass is 16.3. The summed E-state index contributed by atoms with van der Waals surface area (Å²) in [6, 6.07) is 0.600. The van der Waals surface area contributed by atoms with Crippen LogP contribution >= 0.6 is 0 Å². The second-order valence-electron chi connectivity index (χ2n) is 4.56. The number of fused-ring (bicyclic) bond motifs is 1. The molecule has 0 aromatic rings. The topological polar surface area (TPSA) is 32.3 Å². The lowest BCUT2D eigenvalue weighted by Gasteiger charge is -2.45. The Kier molecular flexibility index (Phi) is 2.13. The van der Waals surface area contributed by atoms with Crippen LogP contribution in [-0.4, -0.2) is 23.3 Å². The minimum atomic E-state index is -0.393. The van der Waals surface area contributed by atoms with Gasteiger partial charge in [0.15, 0.2) is 0 Å². The van der Waals surface area contributed by atoms with Crippen LogP contribution in [0, 0.1) is 5.92 Å². The third kappa shape index (κ3) is 1.38. The van der Waals surface area contributed by atoms with Gasteiger partial charge in [0.25, 0.3) is 0 Å². The van der Waals surface area contributed by atoms with Gasteiger partial charge in [0.2, 0.25) is 0 Å². The molecule has 2 N–H and O–H groups in total. The van der Waals surface area contributed by atoms with Gasteiger partial charge >= 0.3 is 0 Å². The molecule has 2 nitrogen and oxygen atoms in total. The van der Waals surface area contributed by atoms with Crippen LogP contribution in [-0.2, 0) is 0 Å². The number of nitrogens with one attached hydrogen (secondary N) is 1. The van der Waals surface area contributed by atoms with Crippen molar-refractivity contribution in [3.8, 4) is 0 Å². The average molecular weight is 169 g/mol. The third-order valence-electron chi connectivity index (χ3n) is 3.58. The van der Waals surface area contributed by atoms with E-state index in [2.05, 4.69) is 5.32 Å². The smallest absolute Gasteiger partial charge is 0.0662 e. The fourth-order valence-corrected chi connectivity index (χ4v) is 2.87. The molecular weight excluding hydrogens is 150 g/mol. The first-order chi connectivity index (χ1) is 5.70. The van der Waals surface area contributed by atoms with E-state index in [1.165, 1.54) is 25.7 Å². The highest BCUT2D eigenvalue weighted by molar-refractivity contribution is 4.96. The first-order valence-corrected chi connectivity index (χ1v) is 5.16. The summed E-state index contributed by atoms with van der Waals surface area (Å²) in [5.74, 6) is 0.514. The summed E-state index contributed by atoms with van der Waals surface area (Å²) < 4.78 is 0. The van der Waals surface area contributed by atoms with Crippen molar-refractivity contribution < 1.29 is 5.11 Å². The van der Waals surface area contributed by atoms with E-state index in [-0.39, 0.29) is 0 Å². The minimum Gasteiger partial charge on any atom is -0.390 e. The summed E-state index contributed by atoms with van der Waals surface area (Å²) in [5, 5.41) is 13.6. The molecule has 2 heteroatoms. The molecule has 0 radical (unpaired) electrons. The van der Waals surface area contributed by atoms with Crippen LogP contribution in [0.2, 0.25) is 0 Å². The van der Waals surface area contributed by atoms with Crippen molar-refractivity contribution in [3.05, 3.63) is 0 Å². The lowest BCUT2D eigenvalue weighted by Crippen LogP contribution is -2.54. The summed E-state index contributed by atoms with van der Waals surface area (Å²) in [6.45, 7) is 3.16. The van der Waals surface area contributed by atoms with Gasteiger partial charge in [-0.2, -0.15) is 0 Å². The van der Waals surface area contributed by atoms with Gasteiger partial charge in [-0.05, 0) is 45.6 Å². The van der Waals surface area contributed by atoms with Crippen LogP contribution in [0.5, 0.6) is 0 Å². The Bertz CT molecular complexity index is 165. The predicted octanol–water partition coefficient (Wildman–Crippen LogP) is 1.29. The van der Waals surface area contributed by atoms with E-state index in [0.717, 1.165) is 13.0 Å². The summed E-state index contributed by atoms with van der Waals surface area (Å²) in [4.78, 5) is 0. The van der Waals surface area contributed by atoms with Crippen molar-refractivity contribution in [3.63, 3.8) is 0 Å². The molecule has 0 aromatic heterocycles. The van der Waals surface area contributed by atoms with Gasteiger partial charge in [-0.3, -0.25) is 0 Å². The van der Waals surface area contributed by atoms with Gasteiger partial charge in [0.1, 0.15) is 0 Å². The maximum atomic E-state index is 10.1. The minimum absolute atomic E-state index is 0.393. The Balaban J connectivity index is 2.09. The quantitative estimate of drug-likeness (QED) is 0.572. The number of hydrogen-bond acceptors (Lipinski definition) is 2. The van der Waals surface area contributed by atoms with Gasteiger partial charge in [0, 0.05) is 12.0 Å². The first kappa shape index (κ1) is 8.52. The molecular formula is C10H19NO. The number of rotatable bonds is 0. The highest BCUT2D eigenvalue weighted by Crippen LogP contribution is 2.38. The molecule has 2 fully saturated rings. The summed E-state index contributed by atoms with van der Waals surface area (Å²) >= 11 is 0. The van der Waals surface area contributed by atoms with Gasteiger partial charge in [0.05, 0.1) is 5.60 Å². The fraction of sp³-hybridized carbons (Fsp3) is 1.00. The molecule has 0 aromatic carbocycles. The van der Waals surface area contributed by atoms with Crippen LogP contribution in [0.25, 0.3) is 0 Å². The van der Waals surface area contributed by atoms with E-state index in [0.29, 0.717) is 12.0 Å². The van der Waals surface area contributed by atoms with Crippen molar-refractivity contribution in [1.82, 2.24) is 5.32 Å². The van der Waals surface area contributed by atoms with Crippen LogP contribution in [0.3, 0.4) is 0 Å². The van der Waals surface area contributed by atoms with Gasteiger partial charge < -0.3 is 10.4 Å². The molecule has 1 aliphatic carbocycles. The average Bonchev–Trinajstić information content (AvgIpc) is 2.04. The highest BCUT2D eigenvalue weighted by Gasteiger charge is 2.41. The zero-order chi connectivity index (χ0) is 8.60. The Morgan fingerprint density at radius 2 is 2.17 bits per heavy atom. The van der Waals surface area contributed by atoms with Crippen molar-refractivity contribution in [2.45, 2.75) is 50.7 Å². The zero-order valence-corrected chi connectivity index (χ0v) is 7.84. The van der Waals surface area contributed by atoms with Crippen molar-refractivity contribution >= 4 is 0 Å². The second-order valence-corrected chi connectivity index (χ2v) is 4.56. The molecule has 1 aliphatic heterocycles. The Morgan fingerprint density at radius 3 is 2.92 bits per heavy atom. The van der Waals surface area contributed by atoms with E-state index in [1.54, 1.807) is 0 Å². The van der Waals surface area contributed by atoms with E-state index in [4.69, 9.17) is 0 Å². The molecule has 0 spiro atoms. The molecule has 0 bridgehead atoms. The summed E-state index contributed by atoms with van der Waals surface area (Å²) in [7, 11) is 0. The normalized spacial score (nSPS) is 48.5. The Labute approximate surface area is 74.4 Å². The Hall–Kier alpha value is -0.0800. The van der Waals surface area contributed by atoms with Crippen molar-refractivity contribution in [2.24, 2.45) is 5.92 Å². The summed E-state index contributed by atoms with van der Waals surface area (Å²) in [5.41, 5.74) is -0.393. The number of hydrogen-bond donors (Lipinski definition) is 2. The zero-order valence-electron chi connectivity index (χ0n) is 7.84. The molecule has 1 saturated carbocycles. The van der Waals surface area contributed by atoms with E-state index in [9.17, 15) is 5.11 Å². The van der Waals surface area contributed by atoms with E-state index >= 15 is 0 Å². The fourth-order valence-electron chi connectivity index (χ4n) is 2.87. The van der Waals surface area contributed by atoms with Crippen molar-refractivity contribution in [2.75, 3.05) is 6.54 Å². The molecule has 2 aliphatic rings. The third-order valence-corrected chi connectivity index (χ3v) is 3.58. The maximum absolute atomic E-state index is 10.1. The largest absolute Gasteiger partial charge is 0.390 e. The standard InChI is InChI=1S/C10H19NO/c1-10(12)6-2-5-9-8(10)4-3-7-11-9/h8-9,11-12H,2-7H2,1H3. The lowest BCUT2D eigenvalue weighted by molar-refractivity contribution is -0.0583. The molecule has 0 amide bonds. The molecule has 2 rings (SSSR count). The Morgan fingerprint density at radius 1 is 1.33 bits per heavy atom. The van der Waals surface area contributed by atoms with Crippen LogP contribution in [0.4, 0.5) is 0 Å². The SMILES string of the molecule is CC1(O)CCCC2NCCCC21. The van der Waals surface area contributed by atoms with Gasteiger partial charge in [-0.15, -0.1) is 0 Å².